The van der Waals surface area contributed by atoms with E-state index in [1.165, 1.54) is 24.8 Å². The molecule has 3 heteroatoms. The van der Waals surface area contributed by atoms with Crippen molar-refractivity contribution in [2.75, 3.05) is 19.5 Å². The Morgan fingerprint density at radius 2 is 1.76 bits per heavy atom. The number of methoxy groups -OCH3 is 1. The molecule has 0 saturated carbocycles. The largest absolute Gasteiger partial charge is 0.497 e. The van der Waals surface area contributed by atoms with Gasteiger partial charge in [-0.3, -0.25) is 0 Å². The molecule has 0 atom stereocenters. The molecule has 0 unspecified atom stereocenters. The van der Waals surface area contributed by atoms with E-state index in [1.54, 1.807) is 7.11 Å². The minimum atomic E-state index is 0.791. The van der Waals surface area contributed by atoms with Gasteiger partial charge in [0.1, 0.15) is 5.75 Å². The van der Waals surface area contributed by atoms with Crippen molar-refractivity contribution in [3.63, 3.8) is 0 Å². The summed E-state index contributed by atoms with van der Waals surface area (Å²) in [6.45, 7) is 2.01. The molecule has 0 heterocycles. The second-order valence-electron chi connectivity index (χ2n) is 4.13. The molecule has 2 nitrogen and oxygen atoms in total. The minimum absolute atomic E-state index is 0.791. The summed E-state index contributed by atoms with van der Waals surface area (Å²) in [6.07, 6.45) is 4.88. The van der Waals surface area contributed by atoms with Crippen LogP contribution in [-0.4, -0.2) is 19.5 Å². The third kappa shape index (κ3) is 6.54. The minimum Gasteiger partial charge on any atom is -0.497 e. The van der Waals surface area contributed by atoms with Crippen molar-refractivity contribution in [3.8, 4) is 5.75 Å². The van der Waals surface area contributed by atoms with Crippen LogP contribution in [0.5, 0.6) is 5.75 Å². The molecule has 1 aromatic rings. The Balaban J connectivity index is 2.05. The van der Waals surface area contributed by atoms with Crippen LogP contribution in [0.4, 0.5) is 0 Å². The molecule has 96 valence electrons. The molecule has 0 amide bonds. The molecular formula is C14H22ClNO. The fraction of sp³-hybridized carbons (Fsp3) is 0.571. The van der Waals surface area contributed by atoms with E-state index in [1.807, 2.05) is 12.1 Å². The Kier molecular flexibility index (Phi) is 7.85. The quantitative estimate of drug-likeness (QED) is 0.538. The van der Waals surface area contributed by atoms with Crippen LogP contribution < -0.4 is 10.1 Å². The highest BCUT2D eigenvalue weighted by Crippen LogP contribution is 2.10. The molecule has 0 aromatic heterocycles. The Morgan fingerprint density at radius 3 is 2.41 bits per heavy atom. The highest BCUT2D eigenvalue weighted by atomic mass is 35.5. The van der Waals surface area contributed by atoms with Crippen LogP contribution in [0, 0.1) is 0 Å². The molecular weight excluding hydrogens is 234 g/mol. The lowest BCUT2D eigenvalue weighted by atomic mass is 10.2. The summed E-state index contributed by atoms with van der Waals surface area (Å²) in [4.78, 5) is 0. The molecule has 0 aliphatic heterocycles. The van der Waals surface area contributed by atoms with Crippen LogP contribution in [0.15, 0.2) is 24.3 Å². The summed E-state index contributed by atoms with van der Waals surface area (Å²) in [5, 5.41) is 3.44. The molecule has 0 bridgehead atoms. The lowest BCUT2D eigenvalue weighted by molar-refractivity contribution is 0.414. The summed E-state index contributed by atoms with van der Waals surface area (Å²) >= 11 is 5.62. The first-order valence-corrected chi connectivity index (χ1v) is 6.80. The second kappa shape index (κ2) is 9.32. The van der Waals surface area contributed by atoms with Crippen LogP contribution in [0.25, 0.3) is 0 Å². The predicted octanol–water partition coefficient (Wildman–Crippen LogP) is 3.58. The zero-order valence-electron chi connectivity index (χ0n) is 10.5. The highest BCUT2D eigenvalue weighted by molar-refractivity contribution is 6.17. The van der Waals surface area contributed by atoms with Crippen molar-refractivity contribution in [3.05, 3.63) is 29.8 Å². The van der Waals surface area contributed by atoms with E-state index in [0.29, 0.717) is 0 Å². The number of rotatable bonds is 9. The Labute approximate surface area is 109 Å². The summed E-state index contributed by atoms with van der Waals surface area (Å²) in [5.41, 5.74) is 1.30. The van der Waals surface area contributed by atoms with Crippen LogP contribution >= 0.6 is 11.6 Å². The number of ether oxygens (including phenoxy) is 1. The number of benzene rings is 1. The fourth-order valence-electron chi connectivity index (χ4n) is 1.67. The van der Waals surface area contributed by atoms with Gasteiger partial charge in [-0.1, -0.05) is 25.0 Å². The Bertz CT molecular complexity index is 287. The van der Waals surface area contributed by atoms with Gasteiger partial charge in [0.05, 0.1) is 7.11 Å². The lowest BCUT2D eigenvalue weighted by Crippen LogP contribution is -2.14. The first-order chi connectivity index (χ1) is 8.36. The summed E-state index contributed by atoms with van der Waals surface area (Å²) in [7, 11) is 1.69. The molecule has 17 heavy (non-hydrogen) atoms. The first-order valence-electron chi connectivity index (χ1n) is 6.26. The third-order valence-corrected chi connectivity index (χ3v) is 2.99. The van der Waals surface area contributed by atoms with E-state index < -0.39 is 0 Å². The van der Waals surface area contributed by atoms with Crippen molar-refractivity contribution in [2.24, 2.45) is 0 Å². The molecule has 0 fully saturated rings. The number of unbranched alkanes of at least 4 members (excludes halogenated alkanes) is 3. The van der Waals surface area contributed by atoms with Gasteiger partial charge in [-0.2, -0.15) is 0 Å². The van der Waals surface area contributed by atoms with E-state index in [9.17, 15) is 0 Å². The Morgan fingerprint density at radius 1 is 1.06 bits per heavy atom. The van der Waals surface area contributed by atoms with Crippen molar-refractivity contribution >= 4 is 11.6 Å². The van der Waals surface area contributed by atoms with E-state index >= 15 is 0 Å². The predicted molar refractivity (Wildman–Crippen MR) is 73.9 cm³/mol. The smallest absolute Gasteiger partial charge is 0.118 e. The maximum atomic E-state index is 5.62. The molecule has 0 aliphatic carbocycles. The number of hydrogen-bond acceptors (Lipinski definition) is 2. The molecule has 0 saturated heterocycles. The van der Waals surface area contributed by atoms with Crippen molar-refractivity contribution in [2.45, 2.75) is 32.2 Å². The molecule has 1 rings (SSSR count). The van der Waals surface area contributed by atoms with Crippen molar-refractivity contribution < 1.29 is 4.74 Å². The van der Waals surface area contributed by atoms with Gasteiger partial charge in [0.25, 0.3) is 0 Å². The molecule has 0 spiro atoms. The number of hydrogen-bond donors (Lipinski definition) is 1. The van der Waals surface area contributed by atoms with E-state index in [0.717, 1.165) is 31.1 Å². The van der Waals surface area contributed by atoms with E-state index in [-0.39, 0.29) is 0 Å². The maximum Gasteiger partial charge on any atom is 0.118 e. The molecule has 1 aromatic carbocycles. The van der Waals surface area contributed by atoms with Crippen molar-refractivity contribution in [1.82, 2.24) is 5.32 Å². The first kappa shape index (κ1) is 14.3. The van der Waals surface area contributed by atoms with Gasteiger partial charge < -0.3 is 10.1 Å². The monoisotopic (exact) mass is 255 g/mol. The zero-order valence-corrected chi connectivity index (χ0v) is 11.3. The van der Waals surface area contributed by atoms with Crippen LogP contribution in [-0.2, 0) is 6.54 Å². The topological polar surface area (TPSA) is 21.3 Å². The Hall–Kier alpha value is -0.730. The van der Waals surface area contributed by atoms with Crippen LogP contribution in [0.2, 0.25) is 0 Å². The normalized spacial score (nSPS) is 10.5. The summed E-state index contributed by atoms with van der Waals surface area (Å²) in [5.74, 6) is 1.70. The standard InChI is InChI=1S/C14H22ClNO/c1-17-14-8-6-13(7-9-14)12-16-11-5-3-2-4-10-15/h6-9,16H,2-5,10-12H2,1H3. The SMILES string of the molecule is COc1ccc(CNCCCCCCCl)cc1. The zero-order chi connectivity index (χ0) is 12.3. The average Bonchev–Trinajstić information content (AvgIpc) is 2.38. The lowest BCUT2D eigenvalue weighted by Gasteiger charge is -2.05. The summed E-state index contributed by atoms with van der Waals surface area (Å²) < 4.78 is 5.12. The molecule has 1 N–H and O–H groups in total. The van der Waals surface area contributed by atoms with Crippen LogP contribution in [0.1, 0.15) is 31.2 Å². The fourth-order valence-corrected chi connectivity index (χ4v) is 1.86. The third-order valence-electron chi connectivity index (χ3n) is 2.73. The van der Waals surface area contributed by atoms with Gasteiger partial charge in [-0.25, -0.2) is 0 Å². The van der Waals surface area contributed by atoms with Gasteiger partial charge >= 0.3 is 0 Å². The second-order valence-corrected chi connectivity index (χ2v) is 4.51. The number of halogens is 1. The number of alkyl halides is 1. The van der Waals surface area contributed by atoms with Gasteiger partial charge in [0.15, 0.2) is 0 Å². The molecule has 0 aliphatic rings. The van der Waals surface area contributed by atoms with Gasteiger partial charge in [-0.15, -0.1) is 11.6 Å². The van der Waals surface area contributed by atoms with Gasteiger partial charge in [0, 0.05) is 12.4 Å². The van der Waals surface area contributed by atoms with E-state index in [4.69, 9.17) is 16.3 Å². The molecule has 0 radical (unpaired) electrons. The van der Waals surface area contributed by atoms with Crippen LogP contribution in [0.3, 0.4) is 0 Å². The maximum absolute atomic E-state index is 5.62. The average molecular weight is 256 g/mol. The van der Waals surface area contributed by atoms with E-state index in [2.05, 4.69) is 17.4 Å². The highest BCUT2D eigenvalue weighted by Gasteiger charge is 1.94. The van der Waals surface area contributed by atoms with Gasteiger partial charge in [-0.05, 0) is 37.1 Å². The van der Waals surface area contributed by atoms with Gasteiger partial charge in [0.2, 0.25) is 0 Å². The van der Waals surface area contributed by atoms with Crippen molar-refractivity contribution in [1.29, 1.82) is 0 Å². The number of nitrogens with one attached hydrogen (secondary N) is 1. The summed E-state index contributed by atoms with van der Waals surface area (Å²) in [6, 6.07) is 8.19.